The molecule has 0 bridgehead atoms. The zero-order chi connectivity index (χ0) is 16.6. The smallest absolute Gasteiger partial charge is 0.0702 e. The molecule has 5 aromatic rings. The Kier molecular flexibility index (Phi) is 3.32. The van der Waals surface area contributed by atoms with Crippen molar-refractivity contribution in [1.82, 2.24) is 9.97 Å². The highest BCUT2D eigenvalue weighted by Gasteiger charge is 2.09. The number of fused-ring (bicyclic) bond motifs is 3. The Morgan fingerprint density at radius 1 is 0.560 bits per heavy atom. The first-order valence-electron chi connectivity index (χ1n) is 8.18. The number of hydrogen-bond acceptors (Lipinski definition) is 3. The lowest BCUT2D eigenvalue weighted by atomic mass is 10.0. The third kappa shape index (κ3) is 2.49. The first-order chi connectivity index (χ1) is 12.4. The summed E-state index contributed by atoms with van der Waals surface area (Å²) in [6, 6.07) is 25.2. The highest BCUT2D eigenvalue weighted by molar-refractivity contribution is 7.25. The van der Waals surface area contributed by atoms with E-state index in [2.05, 4.69) is 58.5 Å². The van der Waals surface area contributed by atoms with Gasteiger partial charge in [-0.3, -0.25) is 9.97 Å². The summed E-state index contributed by atoms with van der Waals surface area (Å²) in [7, 11) is 0. The highest BCUT2D eigenvalue weighted by atomic mass is 32.1. The van der Waals surface area contributed by atoms with Crippen molar-refractivity contribution in [2.45, 2.75) is 0 Å². The van der Waals surface area contributed by atoms with Crippen LogP contribution in [-0.4, -0.2) is 9.97 Å². The summed E-state index contributed by atoms with van der Waals surface area (Å²) in [4.78, 5) is 8.96. The maximum atomic E-state index is 4.48. The first-order valence-corrected chi connectivity index (χ1v) is 8.99. The number of aromatic nitrogens is 2. The zero-order valence-corrected chi connectivity index (χ0v) is 14.2. The average molecular weight is 338 g/mol. The van der Waals surface area contributed by atoms with Crippen LogP contribution in [-0.2, 0) is 0 Å². The van der Waals surface area contributed by atoms with Gasteiger partial charge in [-0.1, -0.05) is 24.3 Å². The van der Waals surface area contributed by atoms with Gasteiger partial charge in [-0.2, -0.15) is 0 Å². The number of benzene rings is 2. The summed E-state index contributed by atoms with van der Waals surface area (Å²) in [5, 5.41) is 2.56. The van der Waals surface area contributed by atoms with E-state index in [1.54, 1.807) is 0 Å². The molecule has 25 heavy (non-hydrogen) atoms. The Balaban J connectivity index is 1.73. The van der Waals surface area contributed by atoms with Crippen LogP contribution in [0.2, 0.25) is 0 Å². The van der Waals surface area contributed by atoms with Crippen molar-refractivity contribution in [2.75, 3.05) is 0 Å². The van der Waals surface area contributed by atoms with Crippen LogP contribution in [0, 0.1) is 0 Å². The van der Waals surface area contributed by atoms with Gasteiger partial charge in [-0.25, -0.2) is 0 Å². The summed E-state index contributed by atoms with van der Waals surface area (Å²) in [6.07, 6.45) is 3.68. The van der Waals surface area contributed by atoms with Gasteiger partial charge in [0, 0.05) is 43.7 Å². The van der Waals surface area contributed by atoms with Crippen LogP contribution in [0.15, 0.2) is 85.2 Å². The number of pyridine rings is 2. The molecule has 0 N–H and O–H groups in total. The second-order valence-corrected chi connectivity index (χ2v) is 7.04. The molecular weight excluding hydrogens is 324 g/mol. The lowest BCUT2D eigenvalue weighted by Gasteiger charge is -2.02. The predicted octanol–water partition coefficient (Wildman–Crippen LogP) is 6.18. The van der Waals surface area contributed by atoms with Crippen LogP contribution in [0.4, 0.5) is 0 Å². The molecule has 3 aromatic heterocycles. The topological polar surface area (TPSA) is 25.8 Å². The maximum Gasteiger partial charge on any atom is 0.0702 e. The van der Waals surface area contributed by atoms with Crippen LogP contribution in [0.1, 0.15) is 0 Å². The molecule has 0 radical (unpaired) electrons. The molecular formula is C22H14N2S. The Morgan fingerprint density at radius 3 is 1.52 bits per heavy atom. The molecule has 0 fully saturated rings. The molecule has 0 atom stereocenters. The largest absolute Gasteiger partial charge is 0.256 e. The van der Waals surface area contributed by atoms with Gasteiger partial charge < -0.3 is 0 Å². The Bertz CT molecular complexity index is 1080. The zero-order valence-electron chi connectivity index (χ0n) is 13.4. The molecule has 0 saturated heterocycles. The fraction of sp³-hybridized carbons (Fsp3) is 0. The van der Waals surface area contributed by atoms with Gasteiger partial charge >= 0.3 is 0 Å². The van der Waals surface area contributed by atoms with Crippen molar-refractivity contribution in [3.8, 4) is 22.5 Å². The predicted molar refractivity (Wildman–Crippen MR) is 106 cm³/mol. The second kappa shape index (κ2) is 5.80. The molecule has 3 heteroatoms. The molecule has 0 amide bonds. The fourth-order valence-electron chi connectivity index (χ4n) is 3.16. The lowest BCUT2D eigenvalue weighted by Crippen LogP contribution is -1.82. The van der Waals surface area contributed by atoms with Crippen LogP contribution in [0.25, 0.3) is 42.7 Å². The minimum absolute atomic E-state index is 1.00. The third-order valence-electron chi connectivity index (χ3n) is 4.39. The molecule has 0 saturated carbocycles. The Hall–Kier alpha value is -3.04. The van der Waals surface area contributed by atoms with Crippen LogP contribution < -0.4 is 0 Å². The highest BCUT2D eigenvalue weighted by Crippen LogP contribution is 2.37. The monoisotopic (exact) mass is 338 g/mol. The standard InChI is InChI=1S/C22H14N2S/c1-3-11-23-19(5-1)15-7-9-21-17(13-15)18-14-16(8-10-22(18)25-21)20-6-2-4-12-24-20/h1-14H. The Morgan fingerprint density at radius 2 is 1.08 bits per heavy atom. The average Bonchev–Trinajstić information content (AvgIpc) is 3.06. The SMILES string of the molecule is c1ccc(-c2ccc3sc4ccc(-c5ccccn5)cc4c3c2)nc1. The molecule has 0 unspecified atom stereocenters. The normalized spacial score (nSPS) is 11.2. The minimum atomic E-state index is 1.00. The molecule has 0 aliphatic rings. The van der Waals surface area contributed by atoms with Crippen molar-refractivity contribution < 1.29 is 0 Å². The summed E-state index contributed by atoms with van der Waals surface area (Å²) >= 11 is 1.83. The molecule has 5 rings (SSSR count). The van der Waals surface area contributed by atoms with Crippen molar-refractivity contribution in [2.24, 2.45) is 0 Å². The van der Waals surface area contributed by atoms with E-state index in [4.69, 9.17) is 0 Å². The lowest BCUT2D eigenvalue weighted by molar-refractivity contribution is 1.33. The molecule has 3 heterocycles. The van der Waals surface area contributed by atoms with Gasteiger partial charge in [0.2, 0.25) is 0 Å². The van der Waals surface area contributed by atoms with E-state index in [1.807, 2.05) is 48.0 Å². The van der Waals surface area contributed by atoms with E-state index in [0.29, 0.717) is 0 Å². The summed E-state index contributed by atoms with van der Waals surface area (Å²) in [5.74, 6) is 0. The second-order valence-electron chi connectivity index (χ2n) is 5.95. The number of hydrogen-bond donors (Lipinski definition) is 0. The molecule has 0 aliphatic carbocycles. The van der Waals surface area contributed by atoms with E-state index in [0.717, 1.165) is 22.5 Å². The number of nitrogens with zero attached hydrogens (tertiary/aromatic N) is 2. The summed E-state index contributed by atoms with van der Waals surface area (Å²) < 4.78 is 2.60. The molecule has 2 aromatic carbocycles. The molecule has 2 nitrogen and oxygen atoms in total. The van der Waals surface area contributed by atoms with Gasteiger partial charge in [-0.05, 0) is 48.5 Å². The van der Waals surface area contributed by atoms with Crippen molar-refractivity contribution in [3.63, 3.8) is 0 Å². The van der Waals surface area contributed by atoms with E-state index in [1.165, 1.54) is 20.2 Å². The summed E-state index contributed by atoms with van der Waals surface area (Å²) in [5.41, 5.74) is 4.31. The van der Waals surface area contributed by atoms with Crippen LogP contribution in [0.5, 0.6) is 0 Å². The van der Waals surface area contributed by atoms with Crippen LogP contribution in [0.3, 0.4) is 0 Å². The van der Waals surface area contributed by atoms with Gasteiger partial charge in [0.25, 0.3) is 0 Å². The van der Waals surface area contributed by atoms with Gasteiger partial charge in [-0.15, -0.1) is 11.3 Å². The van der Waals surface area contributed by atoms with E-state index >= 15 is 0 Å². The van der Waals surface area contributed by atoms with Crippen molar-refractivity contribution in [1.29, 1.82) is 0 Å². The quantitative estimate of drug-likeness (QED) is 0.384. The van der Waals surface area contributed by atoms with E-state index < -0.39 is 0 Å². The van der Waals surface area contributed by atoms with Gasteiger partial charge in [0.15, 0.2) is 0 Å². The molecule has 0 spiro atoms. The minimum Gasteiger partial charge on any atom is -0.256 e. The fourth-order valence-corrected chi connectivity index (χ4v) is 4.23. The Labute approximate surface area is 149 Å². The van der Waals surface area contributed by atoms with Crippen LogP contribution >= 0.6 is 11.3 Å². The maximum absolute atomic E-state index is 4.48. The molecule has 0 aliphatic heterocycles. The van der Waals surface area contributed by atoms with Crippen molar-refractivity contribution >= 4 is 31.5 Å². The van der Waals surface area contributed by atoms with Gasteiger partial charge in [0.05, 0.1) is 11.4 Å². The van der Waals surface area contributed by atoms with E-state index in [9.17, 15) is 0 Å². The van der Waals surface area contributed by atoms with Crippen molar-refractivity contribution in [3.05, 3.63) is 85.2 Å². The summed E-state index contributed by atoms with van der Waals surface area (Å²) in [6.45, 7) is 0. The first kappa shape index (κ1) is 14.3. The number of rotatable bonds is 2. The van der Waals surface area contributed by atoms with E-state index in [-0.39, 0.29) is 0 Å². The van der Waals surface area contributed by atoms with Gasteiger partial charge in [0.1, 0.15) is 0 Å². The molecule has 118 valence electrons. The number of thiophene rings is 1. The third-order valence-corrected chi connectivity index (χ3v) is 5.54.